The summed E-state index contributed by atoms with van der Waals surface area (Å²) in [5.41, 5.74) is 8.28. The quantitative estimate of drug-likeness (QED) is 0.352. The van der Waals surface area contributed by atoms with Gasteiger partial charge >= 0.3 is 0 Å². The molecule has 1 unspecified atom stereocenters. The molecule has 1 atom stereocenters. The minimum Gasteiger partial charge on any atom is -0.384 e. The van der Waals surface area contributed by atoms with Gasteiger partial charge in [0.2, 0.25) is 5.91 Å². The maximum absolute atomic E-state index is 12.7. The first-order chi connectivity index (χ1) is 16.3. The van der Waals surface area contributed by atoms with Gasteiger partial charge in [-0.2, -0.15) is 0 Å². The second kappa shape index (κ2) is 9.88. The molecule has 176 valence electrons. The van der Waals surface area contributed by atoms with Crippen molar-refractivity contribution in [3.63, 3.8) is 0 Å². The Morgan fingerprint density at radius 3 is 2.59 bits per heavy atom. The number of nitrogens with zero attached hydrogens (tertiary/aromatic N) is 4. The van der Waals surface area contributed by atoms with Gasteiger partial charge in [0, 0.05) is 60.3 Å². The van der Waals surface area contributed by atoms with Gasteiger partial charge in [-0.25, -0.2) is 4.98 Å². The van der Waals surface area contributed by atoms with Crippen LogP contribution in [0.5, 0.6) is 0 Å². The highest BCUT2D eigenvalue weighted by Crippen LogP contribution is 2.26. The number of nitrogens with two attached hydrogens (primary N) is 1. The fourth-order valence-electron chi connectivity index (χ4n) is 4.10. The number of carbonyl (C=O) groups excluding carboxylic acids is 2. The summed E-state index contributed by atoms with van der Waals surface area (Å²) >= 11 is 0. The summed E-state index contributed by atoms with van der Waals surface area (Å²) in [5.74, 6) is 0.681. The van der Waals surface area contributed by atoms with Gasteiger partial charge < -0.3 is 25.4 Å². The fourth-order valence-corrected chi connectivity index (χ4v) is 4.10. The van der Waals surface area contributed by atoms with E-state index in [1.165, 1.54) is 0 Å². The molecule has 1 aliphatic heterocycles. The van der Waals surface area contributed by atoms with Crippen molar-refractivity contribution in [3.8, 4) is 5.69 Å². The molecule has 1 aliphatic rings. The van der Waals surface area contributed by atoms with Gasteiger partial charge in [0.15, 0.2) is 0 Å². The molecule has 0 aliphatic carbocycles. The largest absolute Gasteiger partial charge is 0.384 e. The molecule has 34 heavy (non-hydrogen) atoms. The highest BCUT2D eigenvalue weighted by Gasteiger charge is 2.30. The SMILES string of the molecule is CN(C)Cc1nccn1-c1ccc(N2CC(CNC(=O)c3cccc(C(=N)N)c3)CC2=O)cc1. The molecule has 9 nitrogen and oxygen atoms in total. The highest BCUT2D eigenvalue weighted by molar-refractivity contribution is 6.00. The molecule has 1 fully saturated rings. The third-order valence-electron chi connectivity index (χ3n) is 5.81. The number of amides is 2. The van der Waals surface area contributed by atoms with Crippen molar-refractivity contribution in [2.75, 3.05) is 32.1 Å². The molecule has 0 radical (unpaired) electrons. The van der Waals surface area contributed by atoms with Crippen molar-refractivity contribution < 1.29 is 9.59 Å². The Hall–Kier alpha value is -3.98. The number of aromatic nitrogens is 2. The van der Waals surface area contributed by atoms with E-state index in [4.69, 9.17) is 11.1 Å². The summed E-state index contributed by atoms with van der Waals surface area (Å²) in [4.78, 5) is 33.4. The van der Waals surface area contributed by atoms with Crippen molar-refractivity contribution in [1.29, 1.82) is 5.41 Å². The van der Waals surface area contributed by atoms with Crippen LogP contribution >= 0.6 is 0 Å². The molecule has 2 amide bonds. The number of carbonyl (C=O) groups is 2. The van der Waals surface area contributed by atoms with Crippen molar-refractivity contribution in [2.45, 2.75) is 13.0 Å². The van der Waals surface area contributed by atoms with Gasteiger partial charge in [-0.15, -0.1) is 0 Å². The van der Waals surface area contributed by atoms with Crippen LogP contribution in [0.3, 0.4) is 0 Å². The van der Waals surface area contributed by atoms with Crippen molar-refractivity contribution >= 4 is 23.3 Å². The third-order valence-corrected chi connectivity index (χ3v) is 5.81. The maximum atomic E-state index is 12.7. The number of hydrogen-bond donors (Lipinski definition) is 3. The van der Waals surface area contributed by atoms with Crippen LogP contribution in [-0.2, 0) is 11.3 Å². The van der Waals surface area contributed by atoms with Crippen LogP contribution in [0.2, 0.25) is 0 Å². The number of anilines is 1. The van der Waals surface area contributed by atoms with Crippen LogP contribution in [0.15, 0.2) is 60.9 Å². The van der Waals surface area contributed by atoms with E-state index >= 15 is 0 Å². The lowest BCUT2D eigenvalue weighted by Crippen LogP contribution is -2.31. The van der Waals surface area contributed by atoms with Gasteiger partial charge in [0.25, 0.3) is 5.91 Å². The molecule has 2 aromatic carbocycles. The van der Waals surface area contributed by atoms with E-state index in [0.717, 1.165) is 23.7 Å². The summed E-state index contributed by atoms with van der Waals surface area (Å²) in [5, 5.41) is 10.4. The molecule has 2 heterocycles. The molecule has 0 saturated carbocycles. The standard InChI is InChI=1S/C25H29N7O2/c1-30(2)16-22-28-10-11-31(22)20-6-8-21(9-7-20)32-15-17(12-23(32)33)14-29-25(34)19-5-3-4-18(13-19)24(26)27/h3-11,13,17H,12,14-16H2,1-2H3,(H3,26,27)(H,29,34). The maximum Gasteiger partial charge on any atom is 0.251 e. The van der Waals surface area contributed by atoms with Gasteiger partial charge in [0.1, 0.15) is 11.7 Å². The average Bonchev–Trinajstić information content (AvgIpc) is 3.43. The summed E-state index contributed by atoms with van der Waals surface area (Å²) in [6, 6.07) is 14.5. The second-order valence-electron chi connectivity index (χ2n) is 8.75. The molecule has 9 heteroatoms. The smallest absolute Gasteiger partial charge is 0.251 e. The lowest BCUT2D eigenvalue weighted by Gasteiger charge is -2.18. The van der Waals surface area contributed by atoms with Crippen molar-refractivity contribution in [1.82, 2.24) is 19.8 Å². The fraction of sp³-hybridized carbons (Fsp3) is 0.280. The normalized spacial score (nSPS) is 15.7. The topological polar surface area (TPSA) is 120 Å². The Labute approximate surface area is 198 Å². The molecular formula is C25H29N7O2. The first-order valence-corrected chi connectivity index (χ1v) is 11.1. The molecular weight excluding hydrogens is 430 g/mol. The third kappa shape index (κ3) is 5.15. The lowest BCUT2D eigenvalue weighted by molar-refractivity contribution is -0.117. The highest BCUT2D eigenvalue weighted by atomic mass is 16.2. The first-order valence-electron chi connectivity index (χ1n) is 11.1. The number of nitrogen functional groups attached to an aromatic ring is 1. The Bertz CT molecular complexity index is 1200. The Kier molecular flexibility index (Phi) is 6.74. The van der Waals surface area contributed by atoms with Crippen LogP contribution < -0.4 is 16.0 Å². The van der Waals surface area contributed by atoms with Gasteiger partial charge in [0.05, 0.1) is 6.54 Å². The predicted octanol–water partition coefficient (Wildman–Crippen LogP) is 2.00. The average molecular weight is 460 g/mol. The van der Waals surface area contributed by atoms with E-state index in [9.17, 15) is 9.59 Å². The Morgan fingerprint density at radius 1 is 1.18 bits per heavy atom. The predicted molar refractivity (Wildman–Crippen MR) is 131 cm³/mol. The summed E-state index contributed by atoms with van der Waals surface area (Å²) < 4.78 is 2.04. The minimum atomic E-state index is -0.243. The van der Waals surface area contributed by atoms with E-state index in [0.29, 0.717) is 30.6 Å². The molecule has 1 aromatic heterocycles. The first kappa shape index (κ1) is 23.2. The van der Waals surface area contributed by atoms with Crippen LogP contribution in [0.25, 0.3) is 5.69 Å². The summed E-state index contributed by atoms with van der Waals surface area (Å²) in [6.45, 7) is 1.67. The van der Waals surface area contributed by atoms with Gasteiger partial charge in [-0.3, -0.25) is 15.0 Å². The zero-order valence-electron chi connectivity index (χ0n) is 19.4. The van der Waals surface area contributed by atoms with Gasteiger partial charge in [-0.05, 0) is 50.5 Å². The molecule has 0 spiro atoms. The molecule has 4 N–H and O–H groups in total. The number of nitrogens with one attached hydrogen (secondary N) is 2. The second-order valence-corrected chi connectivity index (χ2v) is 8.75. The number of rotatable bonds is 8. The number of imidazole rings is 1. The van der Waals surface area contributed by atoms with E-state index in [2.05, 4.69) is 15.2 Å². The molecule has 4 rings (SSSR count). The van der Waals surface area contributed by atoms with Gasteiger partial charge in [-0.1, -0.05) is 12.1 Å². The Morgan fingerprint density at radius 2 is 1.88 bits per heavy atom. The monoisotopic (exact) mass is 459 g/mol. The summed E-state index contributed by atoms with van der Waals surface area (Å²) in [7, 11) is 4.01. The van der Waals surface area contributed by atoms with E-state index in [1.807, 2.05) is 49.1 Å². The van der Waals surface area contributed by atoms with Crippen molar-refractivity contribution in [2.24, 2.45) is 11.7 Å². The molecule has 3 aromatic rings. The summed E-state index contributed by atoms with van der Waals surface area (Å²) in [6.07, 6.45) is 4.09. The van der Waals surface area contributed by atoms with E-state index in [1.54, 1.807) is 35.4 Å². The minimum absolute atomic E-state index is 0.0208. The lowest BCUT2D eigenvalue weighted by atomic mass is 10.1. The zero-order chi connectivity index (χ0) is 24.2. The van der Waals surface area contributed by atoms with E-state index in [-0.39, 0.29) is 23.6 Å². The molecule has 0 bridgehead atoms. The van der Waals surface area contributed by atoms with Crippen LogP contribution in [0.1, 0.15) is 28.2 Å². The van der Waals surface area contributed by atoms with Crippen molar-refractivity contribution in [3.05, 3.63) is 77.9 Å². The Balaban J connectivity index is 1.37. The number of hydrogen-bond acceptors (Lipinski definition) is 5. The van der Waals surface area contributed by atoms with E-state index < -0.39 is 0 Å². The van der Waals surface area contributed by atoms with Crippen LogP contribution in [0, 0.1) is 11.3 Å². The zero-order valence-corrected chi connectivity index (χ0v) is 19.4. The number of benzene rings is 2. The van der Waals surface area contributed by atoms with Crippen LogP contribution in [-0.4, -0.2) is 59.3 Å². The number of amidine groups is 1. The van der Waals surface area contributed by atoms with Crippen LogP contribution in [0.4, 0.5) is 5.69 Å². The molecule has 1 saturated heterocycles.